The predicted octanol–water partition coefficient (Wildman–Crippen LogP) is 3.26. The largest absolute Gasteiger partial charge is 0.378 e. The van der Waals surface area contributed by atoms with Crippen LogP contribution in [0.1, 0.15) is 11.3 Å². The second-order valence-electron chi connectivity index (χ2n) is 6.62. The van der Waals surface area contributed by atoms with Crippen molar-refractivity contribution in [2.24, 2.45) is 7.05 Å². The van der Waals surface area contributed by atoms with Crippen LogP contribution in [0.25, 0.3) is 11.0 Å². The van der Waals surface area contributed by atoms with Gasteiger partial charge in [0, 0.05) is 38.3 Å². The van der Waals surface area contributed by atoms with E-state index in [1.54, 1.807) is 13.1 Å². The summed E-state index contributed by atoms with van der Waals surface area (Å²) in [7, 11) is 1.68. The Morgan fingerprint density at radius 1 is 1.19 bits per heavy atom. The van der Waals surface area contributed by atoms with E-state index >= 15 is 0 Å². The molecule has 27 heavy (non-hydrogen) atoms. The number of morpholine rings is 1. The van der Waals surface area contributed by atoms with Crippen LogP contribution >= 0.6 is 15.9 Å². The van der Waals surface area contributed by atoms with Crippen molar-refractivity contribution < 1.29 is 9.13 Å². The average molecular weight is 432 g/mol. The van der Waals surface area contributed by atoms with Gasteiger partial charge in [-0.3, -0.25) is 4.79 Å². The predicted molar refractivity (Wildman–Crippen MR) is 107 cm³/mol. The number of hydrogen-bond acceptors (Lipinski definition) is 4. The Balaban J connectivity index is 1.64. The Morgan fingerprint density at radius 2 is 1.89 bits per heavy atom. The van der Waals surface area contributed by atoms with E-state index < -0.39 is 5.82 Å². The zero-order valence-corrected chi connectivity index (χ0v) is 16.5. The van der Waals surface area contributed by atoms with Crippen molar-refractivity contribution in [2.45, 2.75) is 6.42 Å². The van der Waals surface area contributed by atoms with Gasteiger partial charge >= 0.3 is 0 Å². The molecule has 0 radical (unpaired) electrons. The number of ether oxygens (including phenoxy) is 1. The molecule has 0 spiro atoms. The molecule has 0 unspecified atom stereocenters. The summed E-state index contributed by atoms with van der Waals surface area (Å²) in [5.41, 5.74) is 3.45. The third-order valence-corrected chi connectivity index (χ3v) is 5.48. The van der Waals surface area contributed by atoms with E-state index in [9.17, 15) is 9.18 Å². The number of nitrogens with zero attached hydrogens (tertiary/aromatic N) is 3. The molecule has 1 fully saturated rings. The zero-order valence-electron chi connectivity index (χ0n) is 14.9. The lowest BCUT2D eigenvalue weighted by atomic mass is 10.1. The number of halogens is 2. The van der Waals surface area contributed by atoms with Gasteiger partial charge in [-0.05, 0) is 39.7 Å². The van der Waals surface area contributed by atoms with Gasteiger partial charge < -0.3 is 14.2 Å². The van der Waals surface area contributed by atoms with Crippen LogP contribution in [-0.2, 0) is 18.2 Å². The fraction of sp³-hybridized carbons (Fsp3) is 0.300. The highest BCUT2D eigenvalue weighted by Crippen LogP contribution is 2.22. The third-order valence-electron chi connectivity index (χ3n) is 4.87. The van der Waals surface area contributed by atoms with Gasteiger partial charge in [-0.1, -0.05) is 12.1 Å². The van der Waals surface area contributed by atoms with Crippen LogP contribution in [-0.4, -0.2) is 35.9 Å². The molecule has 5 nitrogen and oxygen atoms in total. The molecular weight excluding hydrogens is 413 g/mol. The molecule has 0 amide bonds. The Hall–Kier alpha value is -2.25. The summed E-state index contributed by atoms with van der Waals surface area (Å²) in [6.45, 7) is 3.25. The lowest BCUT2D eigenvalue weighted by molar-refractivity contribution is 0.122. The number of benzene rings is 2. The van der Waals surface area contributed by atoms with Gasteiger partial charge in [-0.2, -0.15) is 0 Å². The summed E-state index contributed by atoms with van der Waals surface area (Å²) in [6.07, 6.45) is 0.406. The van der Waals surface area contributed by atoms with Crippen LogP contribution in [0, 0.1) is 5.82 Å². The maximum atomic E-state index is 13.9. The van der Waals surface area contributed by atoms with Crippen molar-refractivity contribution in [1.29, 1.82) is 0 Å². The smallest absolute Gasteiger partial charge is 0.272 e. The van der Waals surface area contributed by atoms with Gasteiger partial charge in [0.05, 0.1) is 28.7 Å². The highest BCUT2D eigenvalue weighted by Gasteiger charge is 2.14. The van der Waals surface area contributed by atoms with Crippen molar-refractivity contribution in [3.63, 3.8) is 0 Å². The minimum absolute atomic E-state index is 0.168. The maximum absolute atomic E-state index is 13.9. The Morgan fingerprint density at radius 3 is 2.59 bits per heavy atom. The molecule has 3 aromatic rings. The van der Waals surface area contributed by atoms with E-state index in [1.165, 1.54) is 10.6 Å². The SMILES string of the molecule is Cn1c(=O)c(Cc2ccc(N3CCOCC3)cc2)nc2cc(F)c(Br)cc21. The highest BCUT2D eigenvalue weighted by atomic mass is 79.9. The molecule has 1 aromatic heterocycles. The molecule has 0 bridgehead atoms. The Kier molecular flexibility index (Phi) is 4.97. The molecule has 2 aromatic carbocycles. The van der Waals surface area contributed by atoms with Gasteiger partial charge in [-0.25, -0.2) is 9.37 Å². The van der Waals surface area contributed by atoms with Crippen LogP contribution in [0.15, 0.2) is 45.7 Å². The Bertz CT molecular complexity index is 1040. The van der Waals surface area contributed by atoms with Gasteiger partial charge in [0.25, 0.3) is 5.56 Å². The molecule has 2 heterocycles. The van der Waals surface area contributed by atoms with Crippen LogP contribution in [0.4, 0.5) is 10.1 Å². The third kappa shape index (κ3) is 3.61. The van der Waals surface area contributed by atoms with Crippen molar-refractivity contribution >= 4 is 32.7 Å². The summed E-state index contributed by atoms with van der Waals surface area (Å²) in [5.74, 6) is -0.394. The molecule has 4 rings (SSSR count). The van der Waals surface area contributed by atoms with E-state index in [0.29, 0.717) is 27.6 Å². The highest BCUT2D eigenvalue weighted by molar-refractivity contribution is 9.10. The first kappa shape index (κ1) is 18.1. The van der Waals surface area contributed by atoms with E-state index in [1.807, 2.05) is 12.1 Å². The normalized spacial score (nSPS) is 14.7. The van der Waals surface area contributed by atoms with E-state index in [-0.39, 0.29) is 5.56 Å². The summed E-state index contributed by atoms with van der Waals surface area (Å²) < 4.78 is 21.1. The first-order valence-electron chi connectivity index (χ1n) is 8.79. The topological polar surface area (TPSA) is 47.4 Å². The molecule has 140 valence electrons. The summed E-state index contributed by atoms with van der Waals surface area (Å²) >= 11 is 3.16. The van der Waals surface area contributed by atoms with Crippen LogP contribution in [0.2, 0.25) is 0 Å². The fourth-order valence-electron chi connectivity index (χ4n) is 3.33. The van der Waals surface area contributed by atoms with E-state index in [0.717, 1.165) is 37.6 Å². The molecule has 1 aliphatic heterocycles. The van der Waals surface area contributed by atoms with E-state index in [4.69, 9.17) is 4.74 Å². The molecule has 0 atom stereocenters. The standard InChI is InChI=1S/C20H19BrFN3O2/c1-24-19-11-15(21)16(22)12-17(19)23-18(20(24)26)10-13-2-4-14(5-3-13)25-6-8-27-9-7-25/h2-5,11-12H,6-10H2,1H3. The number of rotatable bonds is 3. The van der Waals surface area contributed by atoms with Crippen molar-refractivity contribution in [2.75, 3.05) is 31.2 Å². The first-order chi connectivity index (χ1) is 13.0. The zero-order chi connectivity index (χ0) is 19.0. The Labute approximate surface area is 164 Å². The molecule has 0 N–H and O–H groups in total. The first-order valence-corrected chi connectivity index (χ1v) is 9.58. The molecule has 1 aliphatic rings. The molecule has 0 aliphatic carbocycles. The van der Waals surface area contributed by atoms with Crippen molar-refractivity contribution in [3.8, 4) is 0 Å². The number of anilines is 1. The van der Waals surface area contributed by atoms with Gasteiger partial charge in [0.1, 0.15) is 11.5 Å². The lowest BCUT2D eigenvalue weighted by Crippen LogP contribution is -2.36. The second kappa shape index (κ2) is 7.40. The number of aromatic nitrogens is 2. The molecule has 7 heteroatoms. The summed E-state index contributed by atoms with van der Waals surface area (Å²) in [4.78, 5) is 19.4. The monoisotopic (exact) mass is 431 g/mol. The van der Waals surface area contributed by atoms with Gasteiger partial charge in [-0.15, -0.1) is 0 Å². The fourth-order valence-corrected chi connectivity index (χ4v) is 3.67. The lowest BCUT2D eigenvalue weighted by Gasteiger charge is -2.28. The van der Waals surface area contributed by atoms with Crippen LogP contribution < -0.4 is 10.5 Å². The van der Waals surface area contributed by atoms with Crippen molar-refractivity contribution in [3.05, 3.63) is 68.3 Å². The second-order valence-corrected chi connectivity index (χ2v) is 7.47. The minimum Gasteiger partial charge on any atom is -0.378 e. The number of fused-ring (bicyclic) bond motifs is 1. The molecule has 0 saturated carbocycles. The maximum Gasteiger partial charge on any atom is 0.272 e. The minimum atomic E-state index is -0.394. The van der Waals surface area contributed by atoms with Gasteiger partial charge in [0.15, 0.2) is 0 Å². The van der Waals surface area contributed by atoms with E-state index in [2.05, 4.69) is 37.9 Å². The average Bonchev–Trinajstić information content (AvgIpc) is 2.69. The molecule has 1 saturated heterocycles. The van der Waals surface area contributed by atoms with Crippen LogP contribution in [0.3, 0.4) is 0 Å². The molecular formula is C20H19BrFN3O2. The van der Waals surface area contributed by atoms with Crippen LogP contribution in [0.5, 0.6) is 0 Å². The van der Waals surface area contributed by atoms with Crippen molar-refractivity contribution in [1.82, 2.24) is 9.55 Å². The summed E-state index contributed by atoms with van der Waals surface area (Å²) in [5, 5.41) is 0. The van der Waals surface area contributed by atoms with Gasteiger partial charge in [0.2, 0.25) is 0 Å². The number of hydrogen-bond donors (Lipinski definition) is 0. The number of aryl methyl sites for hydroxylation is 1. The quantitative estimate of drug-likeness (QED) is 0.638. The summed E-state index contributed by atoms with van der Waals surface area (Å²) in [6, 6.07) is 11.1.